The fourth-order valence-electron chi connectivity index (χ4n) is 3.10. The summed E-state index contributed by atoms with van der Waals surface area (Å²) < 4.78 is 0. The van der Waals surface area contributed by atoms with Gasteiger partial charge in [0.25, 0.3) is 0 Å². The van der Waals surface area contributed by atoms with Crippen molar-refractivity contribution in [2.45, 2.75) is 45.1 Å². The van der Waals surface area contributed by atoms with E-state index in [-0.39, 0.29) is 12.4 Å². The van der Waals surface area contributed by atoms with E-state index in [1.54, 1.807) is 0 Å². The second-order valence-corrected chi connectivity index (χ2v) is 5.52. The van der Waals surface area contributed by atoms with Crippen molar-refractivity contribution in [1.29, 1.82) is 0 Å². The fraction of sp³-hybridized carbons (Fsp3) is 0.929. The highest BCUT2D eigenvalue weighted by Gasteiger charge is 2.26. The van der Waals surface area contributed by atoms with Gasteiger partial charge in [0.1, 0.15) is 0 Å². The average Bonchev–Trinajstić information content (AvgIpc) is 2.67. The third kappa shape index (κ3) is 4.93. The molecule has 2 aliphatic heterocycles. The molecule has 1 atom stereocenters. The molecule has 112 valence electrons. The molecule has 1 unspecified atom stereocenters. The van der Waals surface area contributed by atoms with Crippen LogP contribution in [-0.2, 0) is 4.79 Å². The van der Waals surface area contributed by atoms with Crippen LogP contribution in [0.25, 0.3) is 0 Å². The minimum atomic E-state index is 0. The summed E-state index contributed by atoms with van der Waals surface area (Å²) >= 11 is 0. The van der Waals surface area contributed by atoms with E-state index in [4.69, 9.17) is 0 Å². The molecule has 4 nitrogen and oxygen atoms in total. The Morgan fingerprint density at radius 3 is 2.79 bits per heavy atom. The molecule has 0 radical (unpaired) electrons. The van der Waals surface area contributed by atoms with Crippen LogP contribution in [-0.4, -0.2) is 61.0 Å². The lowest BCUT2D eigenvalue weighted by Gasteiger charge is -2.36. The number of hydrogen-bond acceptors (Lipinski definition) is 3. The van der Waals surface area contributed by atoms with Gasteiger partial charge in [-0.1, -0.05) is 6.92 Å². The largest absolute Gasteiger partial charge is 0.339 e. The molecular weight excluding hydrogens is 262 g/mol. The van der Waals surface area contributed by atoms with Crippen LogP contribution in [0, 0.1) is 0 Å². The van der Waals surface area contributed by atoms with Crippen LogP contribution in [0.15, 0.2) is 0 Å². The molecule has 0 aromatic carbocycles. The summed E-state index contributed by atoms with van der Waals surface area (Å²) in [6.07, 6.45) is 5.93. The molecule has 2 aliphatic rings. The Balaban J connectivity index is 0.00000180. The Labute approximate surface area is 123 Å². The van der Waals surface area contributed by atoms with E-state index in [9.17, 15) is 4.79 Å². The Morgan fingerprint density at radius 1 is 1.16 bits per heavy atom. The van der Waals surface area contributed by atoms with Crippen LogP contribution in [0.5, 0.6) is 0 Å². The number of carbonyl (C=O) groups is 1. The smallest absolute Gasteiger partial charge is 0.236 e. The predicted octanol–water partition coefficient (Wildman–Crippen LogP) is 1.49. The van der Waals surface area contributed by atoms with Crippen molar-refractivity contribution < 1.29 is 4.79 Å². The van der Waals surface area contributed by atoms with Gasteiger partial charge in [-0.3, -0.25) is 9.69 Å². The first-order chi connectivity index (χ1) is 8.81. The first kappa shape index (κ1) is 16.7. The number of piperidine rings is 1. The van der Waals surface area contributed by atoms with E-state index in [2.05, 4.69) is 22.0 Å². The summed E-state index contributed by atoms with van der Waals surface area (Å²) in [6, 6.07) is 0.497. The van der Waals surface area contributed by atoms with Crippen LogP contribution >= 0.6 is 12.4 Å². The zero-order valence-electron chi connectivity index (χ0n) is 12.1. The molecule has 1 amide bonds. The maximum Gasteiger partial charge on any atom is 0.236 e. The highest BCUT2D eigenvalue weighted by Crippen LogP contribution is 2.19. The Morgan fingerprint density at radius 2 is 2.00 bits per heavy atom. The topological polar surface area (TPSA) is 35.6 Å². The quantitative estimate of drug-likeness (QED) is 0.855. The molecular formula is C14H28ClN3O. The molecule has 19 heavy (non-hydrogen) atoms. The number of nitrogens with zero attached hydrogens (tertiary/aromatic N) is 2. The van der Waals surface area contributed by atoms with Gasteiger partial charge in [-0.2, -0.15) is 0 Å². The lowest BCUT2D eigenvalue weighted by molar-refractivity contribution is -0.136. The van der Waals surface area contributed by atoms with Gasteiger partial charge < -0.3 is 10.2 Å². The van der Waals surface area contributed by atoms with Gasteiger partial charge in [-0.05, 0) is 45.2 Å². The fourth-order valence-corrected chi connectivity index (χ4v) is 3.10. The van der Waals surface area contributed by atoms with Crippen LogP contribution in [0.3, 0.4) is 0 Å². The molecule has 2 rings (SSSR count). The molecule has 2 fully saturated rings. The first-order valence-electron chi connectivity index (χ1n) is 7.54. The van der Waals surface area contributed by atoms with E-state index in [1.807, 2.05) is 0 Å². The van der Waals surface area contributed by atoms with Gasteiger partial charge >= 0.3 is 0 Å². The third-order valence-electron chi connectivity index (χ3n) is 4.21. The van der Waals surface area contributed by atoms with Crippen molar-refractivity contribution >= 4 is 18.3 Å². The molecule has 2 heterocycles. The van der Waals surface area contributed by atoms with Gasteiger partial charge in [0.2, 0.25) is 5.91 Å². The first-order valence-corrected chi connectivity index (χ1v) is 7.54. The number of amides is 1. The molecule has 5 heteroatoms. The maximum atomic E-state index is 12.4. The second kappa shape index (κ2) is 8.77. The van der Waals surface area contributed by atoms with Gasteiger partial charge in [-0.15, -0.1) is 12.4 Å². The molecule has 0 spiro atoms. The minimum absolute atomic E-state index is 0. The van der Waals surface area contributed by atoms with Crippen LogP contribution in [0.1, 0.15) is 39.0 Å². The zero-order chi connectivity index (χ0) is 12.8. The Hall–Kier alpha value is -0.320. The van der Waals surface area contributed by atoms with Crippen LogP contribution in [0.4, 0.5) is 0 Å². The average molecular weight is 290 g/mol. The molecule has 2 saturated heterocycles. The summed E-state index contributed by atoms with van der Waals surface area (Å²) in [5.41, 5.74) is 0. The number of carbonyl (C=O) groups excluding carboxylic acids is 1. The molecule has 0 aromatic rings. The van der Waals surface area contributed by atoms with Gasteiger partial charge in [0, 0.05) is 25.7 Å². The summed E-state index contributed by atoms with van der Waals surface area (Å²) in [4.78, 5) is 16.9. The van der Waals surface area contributed by atoms with Crippen molar-refractivity contribution in [2.75, 3.05) is 39.3 Å². The molecule has 0 aromatic heterocycles. The lowest BCUT2D eigenvalue weighted by atomic mass is 10.00. The predicted molar refractivity (Wildman–Crippen MR) is 80.8 cm³/mol. The van der Waals surface area contributed by atoms with E-state index in [0.717, 1.165) is 45.6 Å². The SMILES string of the molecule is CCC1CCCCN1C(=O)CN1CCCNCC1.Cl. The number of hydrogen-bond donors (Lipinski definition) is 1. The van der Waals surface area contributed by atoms with Crippen LogP contribution in [0.2, 0.25) is 0 Å². The highest BCUT2D eigenvalue weighted by molar-refractivity contribution is 5.85. The van der Waals surface area contributed by atoms with E-state index in [1.165, 1.54) is 19.3 Å². The van der Waals surface area contributed by atoms with Crippen molar-refractivity contribution in [3.8, 4) is 0 Å². The summed E-state index contributed by atoms with van der Waals surface area (Å²) in [7, 11) is 0. The molecule has 0 saturated carbocycles. The summed E-state index contributed by atoms with van der Waals surface area (Å²) in [5.74, 6) is 0.350. The van der Waals surface area contributed by atoms with E-state index < -0.39 is 0 Å². The van der Waals surface area contributed by atoms with Gasteiger partial charge in [-0.25, -0.2) is 0 Å². The molecule has 0 bridgehead atoms. The Kier molecular flexibility index (Phi) is 7.73. The third-order valence-corrected chi connectivity index (χ3v) is 4.21. The minimum Gasteiger partial charge on any atom is -0.339 e. The van der Waals surface area contributed by atoms with Gasteiger partial charge in [0.05, 0.1) is 6.54 Å². The monoisotopic (exact) mass is 289 g/mol. The summed E-state index contributed by atoms with van der Waals surface area (Å²) in [6.45, 7) is 7.98. The van der Waals surface area contributed by atoms with E-state index in [0.29, 0.717) is 18.5 Å². The van der Waals surface area contributed by atoms with E-state index >= 15 is 0 Å². The van der Waals surface area contributed by atoms with Crippen molar-refractivity contribution in [1.82, 2.24) is 15.1 Å². The maximum absolute atomic E-state index is 12.4. The number of rotatable bonds is 3. The van der Waals surface area contributed by atoms with Crippen LogP contribution < -0.4 is 5.32 Å². The normalized spacial score (nSPS) is 25.5. The molecule has 0 aliphatic carbocycles. The molecule has 1 N–H and O–H groups in total. The van der Waals surface area contributed by atoms with Crippen molar-refractivity contribution in [3.63, 3.8) is 0 Å². The summed E-state index contributed by atoms with van der Waals surface area (Å²) in [5, 5.41) is 3.38. The van der Waals surface area contributed by atoms with Gasteiger partial charge in [0.15, 0.2) is 0 Å². The highest BCUT2D eigenvalue weighted by atomic mass is 35.5. The number of halogens is 1. The lowest BCUT2D eigenvalue weighted by Crippen LogP contribution is -2.48. The number of nitrogens with one attached hydrogen (secondary N) is 1. The van der Waals surface area contributed by atoms with Crippen molar-refractivity contribution in [3.05, 3.63) is 0 Å². The Bertz CT molecular complexity index is 267. The van der Waals surface area contributed by atoms with Crippen molar-refractivity contribution in [2.24, 2.45) is 0 Å². The zero-order valence-corrected chi connectivity index (χ0v) is 12.9. The second-order valence-electron chi connectivity index (χ2n) is 5.52. The standard InChI is InChI=1S/C14H27N3O.ClH/c1-2-13-6-3-4-10-17(13)14(18)12-16-9-5-7-15-8-11-16;/h13,15H,2-12H2,1H3;1H. The number of likely N-dealkylation sites (tertiary alicyclic amines) is 1.